The molecule has 0 bridgehead atoms. The van der Waals surface area contributed by atoms with Gasteiger partial charge in [-0.25, -0.2) is 4.39 Å². The predicted octanol–water partition coefficient (Wildman–Crippen LogP) is 2.66. The van der Waals surface area contributed by atoms with E-state index in [1.165, 1.54) is 6.07 Å². The van der Waals surface area contributed by atoms with Crippen molar-refractivity contribution in [2.75, 3.05) is 6.54 Å². The van der Waals surface area contributed by atoms with Crippen LogP contribution >= 0.6 is 0 Å². The topological polar surface area (TPSA) is 49.3 Å². The SMILES string of the molecule is Cc1cccc(C(=O)NCC(O)CC(C)(C)C)c1F. The smallest absolute Gasteiger partial charge is 0.254 e. The fourth-order valence-electron chi connectivity index (χ4n) is 1.91. The van der Waals surface area contributed by atoms with Crippen LogP contribution in [0.5, 0.6) is 0 Å². The zero-order valence-corrected chi connectivity index (χ0v) is 12.0. The molecule has 0 aromatic heterocycles. The molecule has 1 rings (SSSR count). The molecular formula is C15H22FNO2. The van der Waals surface area contributed by atoms with Crippen molar-refractivity contribution in [2.45, 2.75) is 40.2 Å². The van der Waals surface area contributed by atoms with Crippen LogP contribution in [-0.2, 0) is 0 Å². The Morgan fingerprint density at radius 3 is 2.63 bits per heavy atom. The van der Waals surface area contributed by atoms with Gasteiger partial charge in [-0.2, -0.15) is 0 Å². The van der Waals surface area contributed by atoms with Crippen LogP contribution in [0.25, 0.3) is 0 Å². The van der Waals surface area contributed by atoms with Crippen LogP contribution in [0.2, 0.25) is 0 Å². The maximum Gasteiger partial charge on any atom is 0.254 e. The van der Waals surface area contributed by atoms with E-state index in [4.69, 9.17) is 0 Å². The Bertz CT molecular complexity index is 452. The van der Waals surface area contributed by atoms with Gasteiger partial charge in [0.1, 0.15) is 5.82 Å². The highest BCUT2D eigenvalue weighted by molar-refractivity contribution is 5.94. The number of halogens is 1. The summed E-state index contributed by atoms with van der Waals surface area (Å²) in [6, 6.07) is 4.69. The van der Waals surface area contributed by atoms with Crippen LogP contribution in [0.15, 0.2) is 18.2 Å². The zero-order chi connectivity index (χ0) is 14.6. The van der Waals surface area contributed by atoms with E-state index in [2.05, 4.69) is 5.32 Å². The molecule has 1 atom stereocenters. The lowest BCUT2D eigenvalue weighted by atomic mass is 9.89. The molecule has 106 valence electrons. The molecule has 1 amide bonds. The molecule has 1 aromatic rings. The van der Waals surface area contributed by atoms with Crippen molar-refractivity contribution >= 4 is 5.91 Å². The number of amides is 1. The molecule has 19 heavy (non-hydrogen) atoms. The third-order valence-corrected chi connectivity index (χ3v) is 2.78. The first kappa shape index (κ1) is 15.6. The van der Waals surface area contributed by atoms with E-state index in [0.29, 0.717) is 12.0 Å². The summed E-state index contributed by atoms with van der Waals surface area (Å²) in [7, 11) is 0. The van der Waals surface area contributed by atoms with Gasteiger partial charge in [0.2, 0.25) is 0 Å². The van der Waals surface area contributed by atoms with E-state index < -0.39 is 17.8 Å². The second kappa shape index (κ2) is 6.15. The van der Waals surface area contributed by atoms with E-state index in [1.807, 2.05) is 20.8 Å². The monoisotopic (exact) mass is 267 g/mol. The summed E-state index contributed by atoms with van der Waals surface area (Å²) >= 11 is 0. The first-order chi connectivity index (χ1) is 8.70. The van der Waals surface area contributed by atoms with Gasteiger partial charge in [-0.3, -0.25) is 4.79 Å². The molecule has 0 fully saturated rings. The molecule has 2 N–H and O–H groups in total. The van der Waals surface area contributed by atoms with E-state index in [9.17, 15) is 14.3 Å². The summed E-state index contributed by atoms with van der Waals surface area (Å²) < 4.78 is 13.7. The van der Waals surface area contributed by atoms with Gasteiger partial charge >= 0.3 is 0 Å². The molecule has 4 heteroatoms. The van der Waals surface area contributed by atoms with Crippen LogP contribution in [0, 0.1) is 18.2 Å². The number of hydrogen-bond donors (Lipinski definition) is 2. The van der Waals surface area contributed by atoms with Gasteiger partial charge in [-0.1, -0.05) is 32.9 Å². The summed E-state index contributed by atoms with van der Waals surface area (Å²) in [5.74, 6) is -1.00. The minimum Gasteiger partial charge on any atom is -0.391 e. The molecule has 3 nitrogen and oxygen atoms in total. The maximum atomic E-state index is 13.7. The summed E-state index contributed by atoms with van der Waals surface area (Å²) in [5.41, 5.74) is 0.435. The molecule has 0 aliphatic heterocycles. The third-order valence-electron chi connectivity index (χ3n) is 2.78. The number of carbonyl (C=O) groups is 1. The van der Waals surface area contributed by atoms with Gasteiger partial charge in [0.05, 0.1) is 11.7 Å². The van der Waals surface area contributed by atoms with Crippen molar-refractivity contribution < 1.29 is 14.3 Å². The largest absolute Gasteiger partial charge is 0.391 e. The summed E-state index contributed by atoms with van der Waals surface area (Å²) in [6.45, 7) is 7.78. The number of aliphatic hydroxyl groups is 1. The first-order valence-electron chi connectivity index (χ1n) is 6.42. The standard InChI is InChI=1S/C15H22FNO2/c1-10-6-5-7-12(13(10)16)14(19)17-9-11(18)8-15(2,3)4/h5-7,11,18H,8-9H2,1-4H3,(H,17,19). The summed E-state index contributed by atoms with van der Waals surface area (Å²) in [6.07, 6.45) is -0.0549. The third kappa shape index (κ3) is 4.99. The number of hydrogen-bond acceptors (Lipinski definition) is 2. The number of benzene rings is 1. The first-order valence-corrected chi connectivity index (χ1v) is 6.42. The Labute approximate surface area is 113 Å². The molecule has 0 heterocycles. The quantitative estimate of drug-likeness (QED) is 0.881. The van der Waals surface area contributed by atoms with Crippen LogP contribution in [0.1, 0.15) is 43.1 Å². The van der Waals surface area contributed by atoms with Crippen LogP contribution < -0.4 is 5.32 Å². The Kier molecular flexibility index (Phi) is 5.06. The highest BCUT2D eigenvalue weighted by atomic mass is 19.1. The summed E-state index contributed by atoms with van der Waals surface area (Å²) in [5, 5.41) is 12.4. The fraction of sp³-hybridized carbons (Fsp3) is 0.533. The Hall–Kier alpha value is -1.42. The molecule has 0 saturated heterocycles. The Morgan fingerprint density at radius 2 is 2.05 bits per heavy atom. The van der Waals surface area contributed by atoms with Gasteiger partial charge in [-0.15, -0.1) is 0 Å². The number of carbonyl (C=O) groups excluding carboxylic acids is 1. The second-order valence-corrected chi connectivity index (χ2v) is 6.07. The molecule has 0 spiro atoms. The maximum absolute atomic E-state index is 13.7. The normalized spacial score (nSPS) is 13.2. The van der Waals surface area contributed by atoms with Crippen molar-refractivity contribution in [3.8, 4) is 0 Å². The fourth-order valence-corrected chi connectivity index (χ4v) is 1.91. The zero-order valence-electron chi connectivity index (χ0n) is 12.0. The van der Waals surface area contributed by atoms with Gasteiger partial charge < -0.3 is 10.4 Å². The number of rotatable bonds is 4. The highest BCUT2D eigenvalue weighted by Crippen LogP contribution is 2.20. The van der Waals surface area contributed by atoms with Crippen LogP contribution in [0.4, 0.5) is 4.39 Å². The average molecular weight is 267 g/mol. The van der Waals surface area contributed by atoms with Crippen molar-refractivity contribution in [2.24, 2.45) is 5.41 Å². The molecular weight excluding hydrogens is 245 g/mol. The molecule has 0 radical (unpaired) electrons. The van der Waals surface area contributed by atoms with Gasteiger partial charge in [-0.05, 0) is 30.4 Å². The Morgan fingerprint density at radius 1 is 1.42 bits per heavy atom. The van der Waals surface area contributed by atoms with Gasteiger partial charge in [0.25, 0.3) is 5.91 Å². The van der Waals surface area contributed by atoms with Crippen molar-refractivity contribution in [3.05, 3.63) is 35.1 Å². The predicted molar refractivity (Wildman–Crippen MR) is 73.5 cm³/mol. The van der Waals surface area contributed by atoms with Crippen LogP contribution in [0.3, 0.4) is 0 Å². The molecule has 0 aliphatic carbocycles. The molecule has 0 aliphatic rings. The lowest BCUT2D eigenvalue weighted by Gasteiger charge is -2.22. The second-order valence-electron chi connectivity index (χ2n) is 6.07. The number of nitrogens with one attached hydrogen (secondary N) is 1. The lowest BCUT2D eigenvalue weighted by Crippen LogP contribution is -2.34. The minimum atomic E-state index is -0.628. The van der Waals surface area contributed by atoms with Gasteiger partial charge in [0.15, 0.2) is 0 Å². The molecule has 1 unspecified atom stereocenters. The number of aliphatic hydroxyl groups excluding tert-OH is 1. The average Bonchev–Trinajstić information content (AvgIpc) is 2.27. The van der Waals surface area contributed by atoms with Crippen molar-refractivity contribution in [1.82, 2.24) is 5.32 Å². The van der Waals surface area contributed by atoms with Crippen LogP contribution in [-0.4, -0.2) is 23.7 Å². The highest BCUT2D eigenvalue weighted by Gasteiger charge is 2.18. The lowest BCUT2D eigenvalue weighted by molar-refractivity contribution is 0.0865. The molecule has 0 saturated carbocycles. The van der Waals surface area contributed by atoms with Crippen molar-refractivity contribution in [1.29, 1.82) is 0 Å². The van der Waals surface area contributed by atoms with Gasteiger partial charge in [0, 0.05) is 6.54 Å². The van der Waals surface area contributed by atoms with E-state index in [-0.39, 0.29) is 17.5 Å². The van der Waals surface area contributed by atoms with Crippen molar-refractivity contribution in [3.63, 3.8) is 0 Å². The van der Waals surface area contributed by atoms with E-state index in [1.54, 1.807) is 19.1 Å². The summed E-state index contributed by atoms with van der Waals surface area (Å²) in [4.78, 5) is 11.8. The number of aryl methyl sites for hydroxylation is 1. The van der Waals surface area contributed by atoms with E-state index >= 15 is 0 Å². The van der Waals surface area contributed by atoms with E-state index in [0.717, 1.165) is 0 Å². The minimum absolute atomic E-state index is 0.0151. The molecule has 1 aromatic carbocycles. The Balaban J connectivity index is 2.59.